The van der Waals surface area contributed by atoms with Crippen LogP contribution >= 0.6 is 0 Å². The number of sulfonamides is 1. The van der Waals surface area contributed by atoms with Crippen molar-refractivity contribution in [3.8, 4) is 0 Å². The highest BCUT2D eigenvalue weighted by atomic mass is 32.2. The van der Waals surface area contributed by atoms with Gasteiger partial charge in [0.1, 0.15) is 23.2 Å². The number of halogens is 3. The van der Waals surface area contributed by atoms with E-state index < -0.39 is 40.5 Å². The van der Waals surface area contributed by atoms with Crippen LogP contribution in [0.3, 0.4) is 0 Å². The number of hydrogen-bond donors (Lipinski definition) is 3. The Morgan fingerprint density at radius 1 is 1.27 bits per heavy atom. The number of amides is 2. The lowest BCUT2D eigenvalue weighted by Gasteiger charge is -2.19. The van der Waals surface area contributed by atoms with Gasteiger partial charge in [-0.3, -0.25) is 9.59 Å². The van der Waals surface area contributed by atoms with Crippen molar-refractivity contribution in [1.29, 1.82) is 0 Å². The summed E-state index contributed by atoms with van der Waals surface area (Å²) in [6.07, 6.45) is -6.38. The quantitative estimate of drug-likeness (QED) is 0.685. The lowest BCUT2D eigenvalue weighted by molar-refractivity contribution is -0.155. The maximum Gasteiger partial charge on any atom is 0.397 e. The number of nitrogens with zero attached hydrogens (tertiary/aromatic N) is 1. The van der Waals surface area contributed by atoms with Crippen LogP contribution in [0.25, 0.3) is 0 Å². The molecule has 0 aromatic heterocycles. The molecule has 1 aromatic carbocycles. The monoisotopic (exact) mass is 392 g/mol. The van der Waals surface area contributed by atoms with Gasteiger partial charge < -0.3 is 16.0 Å². The molecule has 142 valence electrons. The molecule has 0 radical (unpaired) electrons. The Morgan fingerprint density at radius 2 is 1.92 bits per heavy atom. The Balaban J connectivity index is 1.94. The molecular weight excluding hydrogens is 377 g/mol. The molecule has 0 spiro atoms. The minimum absolute atomic E-state index is 0.0112. The van der Waals surface area contributed by atoms with E-state index >= 15 is 0 Å². The van der Waals surface area contributed by atoms with Crippen molar-refractivity contribution < 1.29 is 31.2 Å². The number of carbonyl (C=O) groups is 2. The summed E-state index contributed by atoms with van der Waals surface area (Å²) >= 11 is 0. The van der Waals surface area contributed by atoms with Gasteiger partial charge in [-0.25, -0.2) is 0 Å². The van der Waals surface area contributed by atoms with E-state index in [1.54, 1.807) is 6.07 Å². The normalized spacial score (nSPS) is 16.5. The van der Waals surface area contributed by atoms with Gasteiger partial charge in [-0.1, -0.05) is 12.1 Å². The fourth-order valence-electron chi connectivity index (χ4n) is 2.11. The number of carbonyl (C=O) groups excluding carboxylic acids is 2. The third-order valence-electron chi connectivity index (χ3n) is 3.24. The Morgan fingerprint density at radius 3 is 2.58 bits per heavy atom. The maximum absolute atomic E-state index is 12.1. The highest BCUT2D eigenvalue weighted by Crippen LogP contribution is 2.26. The molecule has 0 fully saturated rings. The minimum Gasteiger partial charge on any atom is -0.347 e. The average molecular weight is 392 g/mol. The van der Waals surface area contributed by atoms with Gasteiger partial charge in [-0.2, -0.15) is 21.6 Å². The van der Waals surface area contributed by atoms with Gasteiger partial charge in [-0.15, -0.1) is 4.40 Å². The van der Waals surface area contributed by atoms with Crippen LogP contribution in [0.1, 0.15) is 13.3 Å². The predicted octanol–water partition coefficient (Wildman–Crippen LogP) is 0.773. The fraction of sp³-hybridized carbons (Fsp3) is 0.357. The number of amidine groups is 1. The van der Waals surface area contributed by atoms with E-state index in [2.05, 4.69) is 15.0 Å². The van der Waals surface area contributed by atoms with Gasteiger partial charge in [0.05, 0.1) is 12.2 Å². The smallest absolute Gasteiger partial charge is 0.347 e. The summed E-state index contributed by atoms with van der Waals surface area (Å²) in [5.41, 5.74) is 0.290. The summed E-state index contributed by atoms with van der Waals surface area (Å²) in [6.45, 7) is 0.887. The molecule has 8 nitrogen and oxygen atoms in total. The van der Waals surface area contributed by atoms with E-state index in [4.69, 9.17) is 0 Å². The first-order valence-corrected chi connectivity index (χ1v) is 8.76. The second-order valence-electron chi connectivity index (χ2n) is 5.43. The number of benzene rings is 1. The number of fused-ring (bicyclic) bond motifs is 1. The SMILES string of the molecule is CC(NC(=O)CC(F)(F)F)C(=O)NCC1=NS(=O)(=O)c2ccccc2N1. The molecule has 1 heterocycles. The fourth-order valence-corrected chi connectivity index (χ4v) is 3.25. The molecule has 1 aromatic rings. The van der Waals surface area contributed by atoms with Crippen molar-refractivity contribution >= 4 is 33.4 Å². The Hall–Kier alpha value is -2.63. The van der Waals surface area contributed by atoms with Crippen LogP contribution in [0.5, 0.6) is 0 Å². The third kappa shape index (κ3) is 5.18. The molecule has 2 amide bonds. The van der Waals surface area contributed by atoms with Gasteiger partial charge in [-0.05, 0) is 19.1 Å². The summed E-state index contributed by atoms with van der Waals surface area (Å²) in [4.78, 5) is 23.0. The van der Waals surface area contributed by atoms with Gasteiger partial charge in [0.2, 0.25) is 11.8 Å². The number of hydrogen-bond acceptors (Lipinski definition) is 5. The van der Waals surface area contributed by atoms with Crippen molar-refractivity contribution in [2.45, 2.75) is 30.5 Å². The maximum atomic E-state index is 12.1. The molecule has 12 heteroatoms. The van der Waals surface area contributed by atoms with Crippen molar-refractivity contribution in [2.75, 3.05) is 11.9 Å². The molecule has 1 aliphatic heterocycles. The Bertz CT molecular complexity index is 852. The van der Waals surface area contributed by atoms with E-state index in [1.165, 1.54) is 25.1 Å². The Labute approximate surface area is 146 Å². The van der Waals surface area contributed by atoms with Gasteiger partial charge >= 0.3 is 6.18 Å². The first-order valence-electron chi connectivity index (χ1n) is 7.32. The zero-order valence-electron chi connectivity index (χ0n) is 13.4. The van der Waals surface area contributed by atoms with E-state index in [1.807, 2.05) is 5.32 Å². The largest absolute Gasteiger partial charge is 0.397 e. The van der Waals surface area contributed by atoms with Crippen molar-refractivity contribution in [2.24, 2.45) is 4.40 Å². The van der Waals surface area contributed by atoms with Gasteiger partial charge in [0, 0.05) is 0 Å². The zero-order valence-corrected chi connectivity index (χ0v) is 14.2. The van der Waals surface area contributed by atoms with Crippen molar-refractivity contribution in [1.82, 2.24) is 10.6 Å². The van der Waals surface area contributed by atoms with Crippen LogP contribution in [0.2, 0.25) is 0 Å². The third-order valence-corrected chi connectivity index (χ3v) is 4.61. The average Bonchev–Trinajstić information content (AvgIpc) is 2.50. The summed E-state index contributed by atoms with van der Waals surface area (Å²) in [5.74, 6) is -2.20. The summed E-state index contributed by atoms with van der Waals surface area (Å²) in [7, 11) is -3.92. The second kappa shape index (κ2) is 7.32. The van der Waals surface area contributed by atoms with Crippen LogP contribution in [0, 0.1) is 0 Å². The lowest BCUT2D eigenvalue weighted by Crippen LogP contribution is -2.47. The first kappa shape index (κ1) is 19.7. The summed E-state index contributed by atoms with van der Waals surface area (Å²) in [5, 5.41) is 6.94. The molecule has 26 heavy (non-hydrogen) atoms. The number of alkyl halides is 3. The predicted molar refractivity (Wildman–Crippen MR) is 86.0 cm³/mol. The molecule has 1 unspecified atom stereocenters. The topological polar surface area (TPSA) is 117 Å². The molecule has 2 rings (SSSR count). The Kier molecular flexibility index (Phi) is 5.54. The van der Waals surface area contributed by atoms with Crippen LogP contribution < -0.4 is 16.0 Å². The summed E-state index contributed by atoms with van der Waals surface area (Å²) in [6, 6.07) is 4.79. The highest BCUT2D eigenvalue weighted by Gasteiger charge is 2.32. The lowest BCUT2D eigenvalue weighted by atomic mass is 10.2. The van der Waals surface area contributed by atoms with Crippen molar-refractivity contribution in [3.05, 3.63) is 24.3 Å². The molecule has 0 saturated heterocycles. The molecule has 1 aliphatic rings. The van der Waals surface area contributed by atoms with Crippen molar-refractivity contribution in [3.63, 3.8) is 0 Å². The van der Waals surface area contributed by atoms with E-state index in [0.717, 1.165) is 0 Å². The number of para-hydroxylation sites is 1. The van der Waals surface area contributed by atoms with E-state index in [-0.39, 0.29) is 17.3 Å². The van der Waals surface area contributed by atoms with Crippen LogP contribution in [0.15, 0.2) is 33.6 Å². The molecule has 3 N–H and O–H groups in total. The summed E-state index contributed by atoms with van der Waals surface area (Å²) < 4.78 is 63.9. The zero-order chi connectivity index (χ0) is 19.5. The van der Waals surface area contributed by atoms with Crippen LogP contribution in [0.4, 0.5) is 18.9 Å². The van der Waals surface area contributed by atoms with Crippen LogP contribution in [-0.2, 0) is 19.6 Å². The number of anilines is 1. The van der Waals surface area contributed by atoms with Crippen LogP contribution in [-0.4, -0.2) is 44.8 Å². The number of rotatable bonds is 5. The molecule has 0 saturated carbocycles. The first-order chi connectivity index (χ1) is 12.0. The minimum atomic E-state index is -4.68. The van der Waals surface area contributed by atoms with Gasteiger partial charge in [0.25, 0.3) is 10.0 Å². The standard InChI is InChI=1S/C14H15F3N4O4S/c1-8(19-12(22)6-14(15,16)17)13(23)18-7-11-20-9-4-2-3-5-10(9)26(24,25)21-11/h2-5,8H,6-7H2,1H3,(H,18,23)(H,19,22)(H,20,21). The molecule has 1 atom stereocenters. The second-order valence-corrected chi connectivity index (χ2v) is 7.01. The molecular formula is C14H15F3N4O4S. The molecule has 0 aliphatic carbocycles. The van der Waals surface area contributed by atoms with Gasteiger partial charge in [0.15, 0.2) is 0 Å². The van der Waals surface area contributed by atoms with E-state index in [9.17, 15) is 31.2 Å². The highest BCUT2D eigenvalue weighted by molar-refractivity contribution is 7.90. The number of nitrogens with one attached hydrogen (secondary N) is 3. The molecule has 0 bridgehead atoms. The van der Waals surface area contributed by atoms with E-state index in [0.29, 0.717) is 5.69 Å².